The highest BCUT2D eigenvalue weighted by atomic mass is 35.5. The number of hydrogen-bond acceptors (Lipinski definition) is 4. The van der Waals surface area contributed by atoms with E-state index >= 15 is 0 Å². The molecule has 0 spiro atoms. The Labute approximate surface area is 96.1 Å². The van der Waals surface area contributed by atoms with Crippen molar-refractivity contribution in [3.8, 4) is 0 Å². The Morgan fingerprint density at radius 3 is 2.60 bits per heavy atom. The van der Waals surface area contributed by atoms with Crippen LogP contribution in [0.25, 0.3) is 0 Å². The number of aromatic nitrogens is 1. The normalized spacial score (nSPS) is 13.1. The van der Waals surface area contributed by atoms with Gasteiger partial charge < -0.3 is 16.6 Å². The van der Waals surface area contributed by atoms with E-state index in [-0.39, 0.29) is 25.1 Å². The van der Waals surface area contributed by atoms with E-state index in [9.17, 15) is 5.11 Å². The predicted octanol–water partition coefficient (Wildman–Crippen LogP) is 1.10. The predicted molar refractivity (Wildman–Crippen MR) is 63.7 cm³/mol. The van der Waals surface area contributed by atoms with Crippen LogP contribution in [-0.4, -0.2) is 16.7 Å². The SMILES string of the molecule is CC(C)(CO)[C@H](N)c1cccnc1N.Cl. The fourth-order valence-corrected chi connectivity index (χ4v) is 1.21. The maximum Gasteiger partial charge on any atom is 0.128 e. The zero-order valence-electron chi connectivity index (χ0n) is 8.97. The molecule has 0 radical (unpaired) electrons. The lowest BCUT2D eigenvalue weighted by Crippen LogP contribution is -2.33. The third kappa shape index (κ3) is 3.06. The minimum Gasteiger partial charge on any atom is -0.396 e. The summed E-state index contributed by atoms with van der Waals surface area (Å²) in [6.45, 7) is 3.80. The summed E-state index contributed by atoms with van der Waals surface area (Å²) >= 11 is 0. The molecule has 0 bridgehead atoms. The Hall–Kier alpha value is -0.840. The van der Waals surface area contributed by atoms with Gasteiger partial charge in [-0.3, -0.25) is 0 Å². The summed E-state index contributed by atoms with van der Waals surface area (Å²) in [5.41, 5.74) is 12.1. The first kappa shape index (κ1) is 14.2. The number of rotatable bonds is 3. The summed E-state index contributed by atoms with van der Waals surface area (Å²) in [6, 6.07) is 3.32. The van der Waals surface area contributed by atoms with Gasteiger partial charge in [-0.05, 0) is 6.07 Å². The first-order valence-electron chi connectivity index (χ1n) is 4.56. The molecule has 15 heavy (non-hydrogen) atoms. The highest BCUT2D eigenvalue weighted by molar-refractivity contribution is 5.85. The van der Waals surface area contributed by atoms with Gasteiger partial charge >= 0.3 is 0 Å². The van der Waals surface area contributed by atoms with Crippen molar-refractivity contribution < 1.29 is 5.11 Å². The molecular formula is C10H18ClN3O. The fourth-order valence-electron chi connectivity index (χ4n) is 1.21. The maximum atomic E-state index is 9.18. The minimum atomic E-state index is -0.392. The van der Waals surface area contributed by atoms with E-state index in [2.05, 4.69) is 4.98 Å². The Bertz CT molecular complexity index is 317. The van der Waals surface area contributed by atoms with E-state index in [4.69, 9.17) is 11.5 Å². The summed E-state index contributed by atoms with van der Waals surface area (Å²) in [5.74, 6) is 0.432. The van der Waals surface area contributed by atoms with E-state index in [1.54, 1.807) is 12.3 Å². The van der Waals surface area contributed by atoms with Gasteiger partial charge in [0.2, 0.25) is 0 Å². The summed E-state index contributed by atoms with van der Waals surface area (Å²) in [7, 11) is 0. The van der Waals surface area contributed by atoms with Crippen LogP contribution >= 0.6 is 12.4 Å². The van der Waals surface area contributed by atoms with Gasteiger partial charge in [0.1, 0.15) is 5.82 Å². The average Bonchev–Trinajstić information content (AvgIpc) is 2.17. The number of aliphatic hydroxyl groups excluding tert-OH is 1. The average molecular weight is 232 g/mol. The van der Waals surface area contributed by atoms with Gasteiger partial charge in [-0.1, -0.05) is 19.9 Å². The monoisotopic (exact) mass is 231 g/mol. The van der Waals surface area contributed by atoms with Gasteiger partial charge in [0.05, 0.1) is 0 Å². The molecule has 0 unspecified atom stereocenters. The molecule has 5 N–H and O–H groups in total. The molecule has 5 heteroatoms. The van der Waals surface area contributed by atoms with E-state index in [1.165, 1.54) is 0 Å². The Morgan fingerprint density at radius 1 is 1.53 bits per heavy atom. The minimum absolute atomic E-state index is 0. The zero-order valence-corrected chi connectivity index (χ0v) is 9.79. The molecule has 4 nitrogen and oxygen atoms in total. The van der Waals surface area contributed by atoms with Crippen molar-refractivity contribution in [3.63, 3.8) is 0 Å². The van der Waals surface area contributed by atoms with E-state index in [0.29, 0.717) is 5.82 Å². The van der Waals surface area contributed by atoms with Crippen molar-refractivity contribution in [3.05, 3.63) is 23.9 Å². The second-order valence-electron chi connectivity index (χ2n) is 4.10. The standard InChI is InChI=1S/C10H17N3O.ClH/c1-10(2,6-14)8(11)7-4-3-5-13-9(7)12;/h3-5,8,14H,6,11H2,1-2H3,(H2,12,13);1H/t8-;/m1./s1. The quantitative estimate of drug-likeness (QED) is 0.728. The second kappa shape index (κ2) is 5.30. The Kier molecular flexibility index (Phi) is 5.00. The zero-order chi connectivity index (χ0) is 10.8. The van der Waals surface area contributed by atoms with Crippen LogP contribution in [0.3, 0.4) is 0 Å². The number of nitrogens with zero attached hydrogens (tertiary/aromatic N) is 1. The number of nitrogen functional groups attached to an aromatic ring is 1. The van der Waals surface area contributed by atoms with Crippen LogP contribution in [0.2, 0.25) is 0 Å². The molecule has 1 aromatic heterocycles. The van der Waals surface area contributed by atoms with Crippen molar-refractivity contribution in [1.29, 1.82) is 0 Å². The number of hydrogen-bond donors (Lipinski definition) is 3. The number of halogens is 1. The van der Waals surface area contributed by atoms with Crippen LogP contribution in [0.4, 0.5) is 5.82 Å². The van der Waals surface area contributed by atoms with Crippen molar-refractivity contribution in [1.82, 2.24) is 4.98 Å². The molecule has 0 aliphatic heterocycles. The van der Waals surface area contributed by atoms with Crippen LogP contribution in [0.1, 0.15) is 25.5 Å². The van der Waals surface area contributed by atoms with Gasteiger partial charge in [-0.15, -0.1) is 12.4 Å². The number of nitrogens with two attached hydrogens (primary N) is 2. The van der Waals surface area contributed by atoms with Crippen LogP contribution in [0, 0.1) is 5.41 Å². The molecule has 1 atom stereocenters. The molecule has 0 fully saturated rings. The Morgan fingerprint density at radius 2 is 2.13 bits per heavy atom. The molecule has 0 aliphatic carbocycles. The number of anilines is 1. The van der Waals surface area contributed by atoms with Gasteiger partial charge in [-0.2, -0.15) is 0 Å². The fraction of sp³-hybridized carbons (Fsp3) is 0.500. The van der Waals surface area contributed by atoms with Crippen LogP contribution in [0.15, 0.2) is 18.3 Å². The van der Waals surface area contributed by atoms with Crippen molar-refractivity contribution in [2.24, 2.45) is 11.1 Å². The lowest BCUT2D eigenvalue weighted by atomic mass is 9.82. The largest absolute Gasteiger partial charge is 0.396 e. The van der Waals surface area contributed by atoms with Crippen LogP contribution in [0.5, 0.6) is 0 Å². The van der Waals surface area contributed by atoms with Gasteiger partial charge in [0.15, 0.2) is 0 Å². The maximum absolute atomic E-state index is 9.18. The van der Waals surface area contributed by atoms with E-state index in [1.807, 2.05) is 19.9 Å². The molecular weight excluding hydrogens is 214 g/mol. The van der Waals surface area contributed by atoms with Gasteiger partial charge in [-0.25, -0.2) is 4.98 Å². The second-order valence-corrected chi connectivity index (χ2v) is 4.10. The van der Waals surface area contributed by atoms with Crippen molar-refractivity contribution >= 4 is 18.2 Å². The molecule has 0 aliphatic rings. The molecule has 1 rings (SSSR count). The molecule has 0 aromatic carbocycles. The van der Waals surface area contributed by atoms with Crippen LogP contribution < -0.4 is 11.5 Å². The summed E-state index contributed by atoms with van der Waals surface area (Å²) in [5, 5.41) is 9.18. The van der Waals surface area contributed by atoms with Crippen LogP contribution in [-0.2, 0) is 0 Å². The molecule has 1 heterocycles. The first-order valence-corrected chi connectivity index (χ1v) is 4.56. The molecule has 86 valence electrons. The molecule has 0 saturated carbocycles. The number of aliphatic hydroxyl groups is 1. The lowest BCUT2D eigenvalue weighted by Gasteiger charge is -2.30. The van der Waals surface area contributed by atoms with Crippen molar-refractivity contribution in [2.75, 3.05) is 12.3 Å². The van der Waals surface area contributed by atoms with Gasteiger partial charge in [0, 0.05) is 29.8 Å². The highest BCUT2D eigenvalue weighted by Crippen LogP contribution is 2.32. The van der Waals surface area contributed by atoms with Crippen molar-refractivity contribution in [2.45, 2.75) is 19.9 Å². The third-order valence-electron chi connectivity index (χ3n) is 2.46. The van der Waals surface area contributed by atoms with E-state index < -0.39 is 5.41 Å². The Balaban J connectivity index is 0.00000196. The summed E-state index contributed by atoms with van der Waals surface area (Å²) < 4.78 is 0. The van der Waals surface area contributed by atoms with Gasteiger partial charge in [0.25, 0.3) is 0 Å². The summed E-state index contributed by atoms with van der Waals surface area (Å²) in [6.07, 6.45) is 1.62. The smallest absolute Gasteiger partial charge is 0.128 e. The third-order valence-corrected chi connectivity index (χ3v) is 2.46. The molecule has 1 aromatic rings. The lowest BCUT2D eigenvalue weighted by molar-refractivity contribution is 0.132. The topological polar surface area (TPSA) is 85.2 Å². The number of pyridine rings is 1. The highest BCUT2D eigenvalue weighted by Gasteiger charge is 2.28. The summed E-state index contributed by atoms with van der Waals surface area (Å²) in [4.78, 5) is 3.96. The molecule has 0 amide bonds. The first-order chi connectivity index (χ1) is 6.49. The molecule has 0 saturated heterocycles. The van der Waals surface area contributed by atoms with E-state index in [0.717, 1.165) is 5.56 Å².